The van der Waals surface area contributed by atoms with Gasteiger partial charge in [-0.3, -0.25) is 0 Å². The summed E-state index contributed by atoms with van der Waals surface area (Å²) in [6, 6.07) is 19.0. The number of nitriles is 1. The van der Waals surface area contributed by atoms with Gasteiger partial charge in [0.25, 0.3) is 0 Å². The van der Waals surface area contributed by atoms with Crippen molar-refractivity contribution in [1.82, 2.24) is 4.57 Å². The van der Waals surface area contributed by atoms with E-state index in [4.69, 9.17) is 5.26 Å². The van der Waals surface area contributed by atoms with E-state index in [-0.39, 0.29) is 0 Å². The molecule has 2 aromatic carbocycles. The van der Waals surface area contributed by atoms with E-state index in [2.05, 4.69) is 0 Å². The molecule has 0 bridgehead atoms. The van der Waals surface area contributed by atoms with E-state index in [1.54, 1.807) is 6.07 Å². The molecule has 0 aliphatic rings. The van der Waals surface area contributed by atoms with Crippen LogP contribution in [0.15, 0.2) is 66.4 Å². The lowest BCUT2D eigenvalue weighted by atomic mass is 10.1. The summed E-state index contributed by atoms with van der Waals surface area (Å²) in [5, 5.41) is 20.7. The first kappa shape index (κ1) is 13.7. The van der Waals surface area contributed by atoms with Gasteiger partial charge in [0.05, 0.1) is 17.1 Å². The smallest absolute Gasteiger partial charge is 0.101 e. The molecule has 3 aromatic rings. The Labute approximate surface area is 127 Å². The van der Waals surface area contributed by atoms with Gasteiger partial charge in [0.1, 0.15) is 6.07 Å². The van der Waals surface area contributed by atoms with E-state index in [0.29, 0.717) is 5.56 Å². The summed E-state index contributed by atoms with van der Waals surface area (Å²) in [5.41, 5.74) is 2.18. The third-order valence-corrected chi connectivity index (χ3v) is 3.42. The average Bonchev–Trinajstić information content (AvgIpc) is 2.92. The summed E-state index contributed by atoms with van der Waals surface area (Å²) in [6.07, 6.45) is 3.16. The molecule has 3 rings (SSSR count). The number of para-hydroxylation sites is 2. The van der Waals surface area contributed by atoms with Crippen molar-refractivity contribution in [2.45, 2.75) is 0 Å². The van der Waals surface area contributed by atoms with Crippen molar-refractivity contribution in [3.05, 3.63) is 71.9 Å². The van der Waals surface area contributed by atoms with Crippen LogP contribution in [0.3, 0.4) is 0 Å². The monoisotopic (exact) mass is 287 g/mol. The Morgan fingerprint density at radius 3 is 2.45 bits per heavy atom. The number of hydrogen-bond acceptors (Lipinski definition) is 3. The summed E-state index contributed by atoms with van der Waals surface area (Å²) in [5.74, 6) is -1.47. The fraction of sp³-hybridized carbons (Fsp3) is 0. The topological polar surface area (TPSA) is 68.8 Å². The van der Waals surface area contributed by atoms with E-state index in [1.807, 2.05) is 65.4 Å². The number of benzene rings is 2. The van der Waals surface area contributed by atoms with Crippen LogP contribution in [0.1, 0.15) is 5.56 Å². The number of carboxylic acids is 1. The highest BCUT2D eigenvalue weighted by molar-refractivity contribution is 5.99. The molecule has 4 nitrogen and oxygen atoms in total. The Morgan fingerprint density at radius 1 is 1.09 bits per heavy atom. The molecule has 106 valence electrons. The molecule has 0 aliphatic heterocycles. The number of aromatic nitrogens is 1. The minimum absolute atomic E-state index is 0.393. The van der Waals surface area contributed by atoms with E-state index in [9.17, 15) is 9.90 Å². The van der Waals surface area contributed by atoms with Gasteiger partial charge in [-0.1, -0.05) is 36.4 Å². The molecule has 0 aliphatic carbocycles. The third-order valence-electron chi connectivity index (χ3n) is 3.42. The SMILES string of the molecule is N#CC(=Cc1cn(-c2ccccc2)c2ccccc12)C(=O)[O-]. The fourth-order valence-electron chi connectivity index (χ4n) is 2.42. The van der Waals surface area contributed by atoms with Crippen LogP contribution in [-0.4, -0.2) is 10.5 Å². The van der Waals surface area contributed by atoms with Crippen LogP contribution >= 0.6 is 0 Å². The normalized spacial score (nSPS) is 11.3. The fourth-order valence-corrected chi connectivity index (χ4v) is 2.42. The first-order valence-corrected chi connectivity index (χ1v) is 6.69. The lowest BCUT2D eigenvalue weighted by molar-refractivity contribution is -0.298. The maximum atomic E-state index is 10.9. The molecule has 0 saturated carbocycles. The van der Waals surface area contributed by atoms with Crippen molar-refractivity contribution in [3.63, 3.8) is 0 Å². The Kier molecular flexibility index (Phi) is 3.47. The van der Waals surface area contributed by atoms with Gasteiger partial charge in [-0.15, -0.1) is 0 Å². The Hall–Kier alpha value is -3.32. The highest BCUT2D eigenvalue weighted by Gasteiger charge is 2.09. The molecule has 1 heterocycles. The molecule has 0 radical (unpaired) electrons. The van der Waals surface area contributed by atoms with E-state index in [0.717, 1.165) is 16.6 Å². The minimum Gasteiger partial charge on any atom is -0.544 e. The molecule has 1 aromatic heterocycles. The van der Waals surface area contributed by atoms with Gasteiger partial charge >= 0.3 is 0 Å². The summed E-state index contributed by atoms with van der Waals surface area (Å²) < 4.78 is 1.96. The molecule has 0 atom stereocenters. The van der Waals surface area contributed by atoms with Crippen molar-refractivity contribution in [3.8, 4) is 11.8 Å². The summed E-state index contributed by atoms with van der Waals surface area (Å²) in [4.78, 5) is 10.9. The van der Waals surface area contributed by atoms with Crippen LogP contribution in [0, 0.1) is 11.3 Å². The molecule has 0 saturated heterocycles. The largest absolute Gasteiger partial charge is 0.544 e. The third kappa shape index (κ3) is 2.36. The summed E-state index contributed by atoms with van der Waals surface area (Å²) in [7, 11) is 0. The van der Waals surface area contributed by atoms with Crippen molar-refractivity contribution >= 4 is 22.9 Å². The van der Waals surface area contributed by atoms with Gasteiger partial charge in [0.2, 0.25) is 0 Å². The number of rotatable bonds is 3. The number of nitrogens with zero attached hydrogens (tertiary/aromatic N) is 2. The Morgan fingerprint density at radius 2 is 1.77 bits per heavy atom. The van der Waals surface area contributed by atoms with Gasteiger partial charge in [-0.25, -0.2) is 0 Å². The number of fused-ring (bicyclic) bond motifs is 1. The second-order valence-electron chi connectivity index (χ2n) is 4.76. The zero-order valence-electron chi connectivity index (χ0n) is 11.6. The standard InChI is InChI=1S/C18H12N2O2/c19-11-13(18(21)22)10-14-12-20(15-6-2-1-3-7-15)17-9-5-4-8-16(14)17/h1-10,12H,(H,21,22)/p-1. The molecule has 22 heavy (non-hydrogen) atoms. The van der Waals surface area contributed by atoms with E-state index < -0.39 is 11.5 Å². The molecule has 0 amide bonds. The van der Waals surface area contributed by atoms with Crippen molar-refractivity contribution < 1.29 is 9.90 Å². The van der Waals surface area contributed by atoms with Crippen molar-refractivity contribution in [1.29, 1.82) is 5.26 Å². The van der Waals surface area contributed by atoms with Gasteiger partial charge in [0, 0.05) is 22.8 Å². The minimum atomic E-state index is -1.47. The molecule has 0 fully saturated rings. The zero-order valence-corrected chi connectivity index (χ0v) is 11.6. The highest BCUT2D eigenvalue weighted by Crippen LogP contribution is 2.26. The maximum Gasteiger partial charge on any atom is 0.101 e. The molecular weight excluding hydrogens is 276 g/mol. The molecule has 0 unspecified atom stereocenters. The number of carboxylic acid groups (broad SMARTS) is 1. The molecule has 0 spiro atoms. The average molecular weight is 287 g/mol. The van der Waals surface area contributed by atoms with Gasteiger partial charge in [0.15, 0.2) is 0 Å². The quantitative estimate of drug-likeness (QED) is 0.548. The molecule has 4 heteroatoms. The number of aliphatic carboxylic acids is 1. The van der Waals surface area contributed by atoms with E-state index >= 15 is 0 Å². The highest BCUT2D eigenvalue weighted by atomic mass is 16.4. The summed E-state index contributed by atoms with van der Waals surface area (Å²) in [6.45, 7) is 0. The van der Waals surface area contributed by atoms with Gasteiger partial charge in [-0.05, 0) is 24.3 Å². The van der Waals surface area contributed by atoms with Crippen LogP contribution < -0.4 is 5.11 Å². The van der Waals surface area contributed by atoms with Crippen LogP contribution in [0.25, 0.3) is 22.7 Å². The zero-order chi connectivity index (χ0) is 15.5. The lowest BCUT2D eigenvalue weighted by Gasteiger charge is -2.04. The van der Waals surface area contributed by atoms with Gasteiger partial charge in [-0.2, -0.15) is 5.26 Å². The number of hydrogen-bond donors (Lipinski definition) is 0. The first-order valence-electron chi connectivity index (χ1n) is 6.69. The number of carbonyl (C=O) groups excluding carboxylic acids is 1. The Balaban J connectivity index is 2.26. The predicted molar refractivity (Wildman–Crippen MR) is 81.9 cm³/mol. The van der Waals surface area contributed by atoms with Crippen LogP contribution in [0.2, 0.25) is 0 Å². The second-order valence-corrected chi connectivity index (χ2v) is 4.76. The number of carbonyl (C=O) groups is 1. The maximum absolute atomic E-state index is 10.9. The van der Waals surface area contributed by atoms with Crippen LogP contribution in [0.4, 0.5) is 0 Å². The summed E-state index contributed by atoms with van der Waals surface area (Å²) >= 11 is 0. The molecule has 0 N–H and O–H groups in total. The van der Waals surface area contributed by atoms with Crippen molar-refractivity contribution in [2.24, 2.45) is 0 Å². The van der Waals surface area contributed by atoms with Gasteiger partial charge < -0.3 is 14.5 Å². The second kappa shape index (κ2) is 5.58. The predicted octanol–water partition coefficient (Wildman–Crippen LogP) is 2.29. The molecular formula is C18H11N2O2-. The lowest BCUT2D eigenvalue weighted by Crippen LogP contribution is -2.23. The van der Waals surface area contributed by atoms with Crippen LogP contribution in [0.5, 0.6) is 0 Å². The Bertz CT molecular complexity index is 915. The first-order chi connectivity index (χ1) is 10.7. The van der Waals surface area contributed by atoms with Crippen molar-refractivity contribution in [2.75, 3.05) is 0 Å². The van der Waals surface area contributed by atoms with E-state index in [1.165, 1.54) is 6.08 Å². The van der Waals surface area contributed by atoms with Crippen LogP contribution in [-0.2, 0) is 4.79 Å².